The van der Waals surface area contributed by atoms with Gasteiger partial charge in [-0.25, -0.2) is 9.55 Å². The first-order valence-electron chi connectivity index (χ1n) is 7.93. The van der Waals surface area contributed by atoms with Gasteiger partial charge in [-0.05, 0) is 30.2 Å². The van der Waals surface area contributed by atoms with Crippen LogP contribution in [0.3, 0.4) is 0 Å². The normalized spacial score (nSPS) is 10.9. The summed E-state index contributed by atoms with van der Waals surface area (Å²) >= 11 is 0. The second kappa shape index (κ2) is 6.65. The standard InChI is InChI=1S/C19H21N3O/c1-14-7-3-4-8-16(14)13-22-18-10-6-5-9-17(18)21-19(22)11-12-20-15(2)23/h3-10H,11-13H2,1-2H3,(H,20,23)/p+1. The van der Waals surface area contributed by atoms with Gasteiger partial charge in [-0.2, -0.15) is 0 Å². The Morgan fingerprint density at radius 3 is 2.65 bits per heavy atom. The third kappa shape index (κ3) is 3.42. The average Bonchev–Trinajstić information content (AvgIpc) is 2.87. The molecule has 1 heterocycles. The van der Waals surface area contributed by atoms with Crippen molar-refractivity contribution in [1.82, 2.24) is 10.3 Å². The summed E-state index contributed by atoms with van der Waals surface area (Å²) in [5, 5.41) is 2.87. The van der Waals surface area contributed by atoms with Gasteiger partial charge in [-0.3, -0.25) is 4.79 Å². The van der Waals surface area contributed by atoms with E-state index in [9.17, 15) is 4.79 Å². The number of H-pyrrole nitrogens is 1. The van der Waals surface area contributed by atoms with Gasteiger partial charge < -0.3 is 5.32 Å². The van der Waals surface area contributed by atoms with Crippen molar-refractivity contribution in [2.45, 2.75) is 26.8 Å². The summed E-state index contributed by atoms with van der Waals surface area (Å²) in [5.41, 5.74) is 4.91. The van der Waals surface area contributed by atoms with Gasteiger partial charge in [-0.15, -0.1) is 0 Å². The summed E-state index contributed by atoms with van der Waals surface area (Å²) < 4.78 is 2.31. The van der Waals surface area contributed by atoms with Crippen LogP contribution >= 0.6 is 0 Å². The Morgan fingerprint density at radius 1 is 1.13 bits per heavy atom. The van der Waals surface area contributed by atoms with Crippen LogP contribution in [-0.2, 0) is 17.8 Å². The van der Waals surface area contributed by atoms with Crippen molar-refractivity contribution in [3.8, 4) is 0 Å². The molecule has 118 valence electrons. The lowest BCUT2D eigenvalue weighted by Crippen LogP contribution is -2.39. The second-order valence-electron chi connectivity index (χ2n) is 5.83. The van der Waals surface area contributed by atoms with E-state index in [1.165, 1.54) is 16.6 Å². The molecule has 0 aliphatic heterocycles. The number of hydrogen-bond acceptors (Lipinski definition) is 1. The lowest BCUT2D eigenvalue weighted by Gasteiger charge is -2.06. The van der Waals surface area contributed by atoms with Crippen molar-refractivity contribution in [2.24, 2.45) is 0 Å². The van der Waals surface area contributed by atoms with E-state index in [-0.39, 0.29) is 5.91 Å². The number of imidazole rings is 1. The minimum Gasteiger partial charge on any atom is -0.356 e. The molecule has 0 saturated heterocycles. The maximum atomic E-state index is 11.1. The molecule has 0 bridgehead atoms. The molecule has 4 heteroatoms. The monoisotopic (exact) mass is 308 g/mol. The molecule has 23 heavy (non-hydrogen) atoms. The van der Waals surface area contributed by atoms with Gasteiger partial charge in [0.2, 0.25) is 5.91 Å². The molecule has 0 saturated carbocycles. The number of amides is 1. The molecule has 1 aromatic heterocycles. The number of benzene rings is 2. The van der Waals surface area contributed by atoms with Crippen LogP contribution in [0.2, 0.25) is 0 Å². The number of hydrogen-bond donors (Lipinski definition) is 2. The molecule has 4 nitrogen and oxygen atoms in total. The molecule has 3 rings (SSSR count). The highest BCUT2D eigenvalue weighted by Gasteiger charge is 2.18. The van der Waals surface area contributed by atoms with Crippen LogP contribution < -0.4 is 9.88 Å². The number of aromatic amines is 1. The number of nitrogens with one attached hydrogen (secondary N) is 2. The number of fused-ring (bicyclic) bond motifs is 1. The Balaban J connectivity index is 1.95. The van der Waals surface area contributed by atoms with Gasteiger partial charge in [0, 0.05) is 13.5 Å². The zero-order chi connectivity index (χ0) is 16.2. The third-order valence-electron chi connectivity index (χ3n) is 4.13. The zero-order valence-electron chi connectivity index (χ0n) is 13.6. The molecule has 0 spiro atoms. The third-order valence-corrected chi connectivity index (χ3v) is 4.13. The summed E-state index contributed by atoms with van der Waals surface area (Å²) in [6.45, 7) is 5.15. The molecular weight excluding hydrogens is 286 g/mol. The van der Waals surface area contributed by atoms with Gasteiger partial charge in [0.05, 0.1) is 6.42 Å². The molecule has 0 aliphatic rings. The molecule has 0 unspecified atom stereocenters. The lowest BCUT2D eigenvalue weighted by molar-refractivity contribution is -0.670. The van der Waals surface area contributed by atoms with E-state index in [4.69, 9.17) is 0 Å². The van der Waals surface area contributed by atoms with E-state index >= 15 is 0 Å². The number of nitrogens with zero attached hydrogens (tertiary/aromatic N) is 1. The summed E-state index contributed by atoms with van der Waals surface area (Å²) in [5.74, 6) is 1.13. The highest BCUT2D eigenvalue weighted by Crippen LogP contribution is 2.12. The molecule has 0 fully saturated rings. The van der Waals surface area contributed by atoms with Crippen LogP contribution in [0, 0.1) is 6.92 Å². The number of aryl methyl sites for hydroxylation is 1. The van der Waals surface area contributed by atoms with Gasteiger partial charge in [0.1, 0.15) is 6.54 Å². The minimum atomic E-state index is 0.00608. The summed E-state index contributed by atoms with van der Waals surface area (Å²) in [7, 11) is 0. The number of carbonyl (C=O) groups is 1. The molecular formula is C19H22N3O+. The Kier molecular flexibility index (Phi) is 4.42. The number of carbonyl (C=O) groups excluding carboxylic acids is 1. The summed E-state index contributed by atoms with van der Waals surface area (Å²) in [6.07, 6.45) is 0.778. The maximum Gasteiger partial charge on any atom is 0.257 e. The smallest absolute Gasteiger partial charge is 0.257 e. The summed E-state index contributed by atoms with van der Waals surface area (Å²) in [6, 6.07) is 16.8. The fourth-order valence-corrected chi connectivity index (χ4v) is 2.88. The van der Waals surface area contributed by atoms with Gasteiger partial charge in [-0.1, -0.05) is 36.4 Å². The van der Waals surface area contributed by atoms with E-state index < -0.39 is 0 Å². The molecule has 1 amide bonds. The second-order valence-corrected chi connectivity index (χ2v) is 5.83. The van der Waals surface area contributed by atoms with Crippen LogP contribution in [0.25, 0.3) is 11.0 Å². The first-order chi connectivity index (χ1) is 11.1. The molecule has 0 atom stereocenters. The van der Waals surface area contributed by atoms with E-state index in [1.807, 2.05) is 6.07 Å². The van der Waals surface area contributed by atoms with Gasteiger partial charge in [0.15, 0.2) is 11.0 Å². The van der Waals surface area contributed by atoms with Crippen LogP contribution in [-0.4, -0.2) is 17.4 Å². The highest BCUT2D eigenvalue weighted by atomic mass is 16.1. The topological polar surface area (TPSA) is 48.8 Å². The Labute approximate surface area is 136 Å². The number of rotatable bonds is 5. The van der Waals surface area contributed by atoms with Crippen LogP contribution in [0.5, 0.6) is 0 Å². The van der Waals surface area contributed by atoms with Crippen molar-refractivity contribution < 1.29 is 9.36 Å². The van der Waals surface area contributed by atoms with Crippen molar-refractivity contribution in [1.29, 1.82) is 0 Å². The van der Waals surface area contributed by atoms with Gasteiger partial charge in [0.25, 0.3) is 5.82 Å². The molecule has 2 N–H and O–H groups in total. The number of para-hydroxylation sites is 2. The molecule has 2 aromatic carbocycles. The fraction of sp³-hybridized carbons (Fsp3) is 0.263. The van der Waals surface area contributed by atoms with E-state index in [0.717, 1.165) is 24.3 Å². The predicted octanol–water partition coefficient (Wildman–Crippen LogP) is 2.49. The van der Waals surface area contributed by atoms with Crippen molar-refractivity contribution in [3.63, 3.8) is 0 Å². The predicted molar refractivity (Wildman–Crippen MR) is 91.2 cm³/mol. The van der Waals surface area contributed by atoms with Crippen LogP contribution in [0.1, 0.15) is 23.9 Å². The molecule has 0 radical (unpaired) electrons. The maximum absolute atomic E-state index is 11.1. The first kappa shape index (κ1) is 15.3. The SMILES string of the molecule is CC(=O)NCCc1[nH]c2ccccc2[n+]1Cc1ccccc1C. The minimum absolute atomic E-state index is 0.00608. The van der Waals surface area contributed by atoms with E-state index in [0.29, 0.717) is 6.54 Å². The largest absolute Gasteiger partial charge is 0.356 e. The Hall–Kier alpha value is -2.62. The van der Waals surface area contributed by atoms with E-state index in [1.54, 1.807) is 6.92 Å². The van der Waals surface area contributed by atoms with Crippen LogP contribution in [0.15, 0.2) is 48.5 Å². The number of aromatic nitrogens is 2. The quantitative estimate of drug-likeness (QED) is 0.699. The lowest BCUT2D eigenvalue weighted by atomic mass is 10.1. The average molecular weight is 308 g/mol. The van der Waals surface area contributed by atoms with E-state index in [2.05, 4.69) is 64.3 Å². The Morgan fingerprint density at radius 2 is 1.87 bits per heavy atom. The van der Waals surface area contributed by atoms with Crippen molar-refractivity contribution in [2.75, 3.05) is 6.54 Å². The highest BCUT2D eigenvalue weighted by molar-refractivity contribution is 5.73. The Bertz CT molecular complexity index is 836. The summed E-state index contributed by atoms with van der Waals surface area (Å²) in [4.78, 5) is 14.6. The fourth-order valence-electron chi connectivity index (χ4n) is 2.88. The van der Waals surface area contributed by atoms with Gasteiger partial charge >= 0.3 is 0 Å². The first-order valence-corrected chi connectivity index (χ1v) is 7.93. The van der Waals surface area contributed by atoms with Crippen LogP contribution in [0.4, 0.5) is 0 Å². The molecule has 3 aromatic rings. The van der Waals surface area contributed by atoms with Crippen molar-refractivity contribution >= 4 is 16.9 Å². The molecule has 0 aliphatic carbocycles. The van der Waals surface area contributed by atoms with Crippen molar-refractivity contribution in [3.05, 3.63) is 65.5 Å². The zero-order valence-corrected chi connectivity index (χ0v) is 13.6.